The highest BCUT2D eigenvalue weighted by molar-refractivity contribution is 7.89. The second kappa shape index (κ2) is 10.7. The molecule has 0 bridgehead atoms. The number of amides is 1. The van der Waals surface area contributed by atoms with E-state index < -0.39 is 10.0 Å². The summed E-state index contributed by atoms with van der Waals surface area (Å²) in [4.78, 5) is 14.7. The van der Waals surface area contributed by atoms with Gasteiger partial charge in [-0.25, -0.2) is 8.42 Å². The van der Waals surface area contributed by atoms with Gasteiger partial charge in [-0.05, 0) is 37.2 Å². The average Bonchev–Trinajstić information content (AvgIpc) is 2.76. The summed E-state index contributed by atoms with van der Waals surface area (Å²) in [5.41, 5.74) is 1.18. The number of ether oxygens (including phenoxy) is 1. The molecule has 0 unspecified atom stereocenters. The summed E-state index contributed by atoms with van der Waals surface area (Å²) >= 11 is 0. The van der Waals surface area contributed by atoms with Crippen molar-refractivity contribution < 1.29 is 23.1 Å². The number of morpholine rings is 1. The molecular weight excluding hydrogens is 418 g/mol. The molecule has 0 aromatic heterocycles. The molecule has 31 heavy (non-hydrogen) atoms. The molecule has 1 amide bonds. The number of carbonyl (C=O) groups excluding carboxylic acids is 1. The van der Waals surface area contributed by atoms with Crippen LogP contribution in [0.3, 0.4) is 0 Å². The molecule has 0 saturated carbocycles. The van der Waals surface area contributed by atoms with Crippen LogP contribution in [0, 0.1) is 0 Å². The molecule has 1 heterocycles. The molecule has 0 aliphatic carbocycles. The lowest BCUT2D eigenvalue weighted by Crippen LogP contribution is -2.40. The Morgan fingerprint density at radius 3 is 2.61 bits per heavy atom. The van der Waals surface area contributed by atoms with Crippen molar-refractivity contribution in [3.8, 4) is 5.75 Å². The Balaban J connectivity index is 1.66. The van der Waals surface area contributed by atoms with E-state index >= 15 is 0 Å². The molecule has 0 spiro atoms. The van der Waals surface area contributed by atoms with E-state index in [0.29, 0.717) is 45.1 Å². The third kappa shape index (κ3) is 6.27. The van der Waals surface area contributed by atoms with Gasteiger partial charge in [0.1, 0.15) is 5.75 Å². The van der Waals surface area contributed by atoms with E-state index in [0.717, 1.165) is 12.0 Å². The summed E-state index contributed by atoms with van der Waals surface area (Å²) in [5.74, 6) is -0.0465. The van der Waals surface area contributed by atoms with Crippen LogP contribution in [0.4, 0.5) is 5.69 Å². The first-order valence-corrected chi connectivity index (χ1v) is 11.8. The number of phenolic OH excluding ortho intramolecular Hbond substituents is 1. The fourth-order valence-electron chi connectivity index (χ4n) is 3.49. The van der Waals surface area contributed by atoms with Gasteiger partial charge in [0.15, 0.2) is 0 Å². The molecule has 2 aromatic carbocycles. The summed E-state index contributed by atoms with van der Waals surface area (Å²) < 4.78 is 32.3. The van der Waals surface area contributed by atoms with Gasteiger partial charge in [-0.1, -0.05) is 31.2 Å². The van der Waals surface area contributed by atoms with Gasteiger partial charge in [0.2, 0.25) is 15.9 Å². The smallest absolute Gasteiger partial charge is 0.243 e. The lowest BCUT2D eigenvalue weighted by molar-refractivity contribution is -0.117. The predicted octanol–water partition coefficient (Wildman–Crippen LogP) is 2.26. The average molecular weight is 448 g/mol. The van der Waals surface area contributed by atoms with E-state index in [1.54, 1.807) is 24.3 Å². The number of rotatable bonds is 9. The first-order chi connectivity index (χ1) is 14.9. The highest BCUT2D eigenvalue weighted by Crippen LogP contribution is 2.21. The number of phenols is 1. The second-order valence-electron chi connectivity index (χ2n) is 7.43. The van der Waals surface area contributed by atoms with Crippen LogP contribution in [-0.2, 0) is 26.1 Å². The van der Waals surface area contributed by atoms with E-state index in [4.69, 9.17) is 4.74 Å². The van der Waals surface area contributed by atoms with Crippen LogP contribution in [-0.4, -0.2) is 68.0 Å². The van der Waals surface area contributed by atoms with Gasteiger partial charge in [0.25, 0.3) is 0 Å². The fraction of sp³-hybridized carbons (Fsp3) is 0.409. The third-order valence-corrected chi connectivity index (χ3v) is 6.91. The van der Waals surface area contributed by atoms with Crippen LogP contribution in [0.25, 0.3) is 0 Å². The fourth-order valence-corrected chi connectivity index (χ4v) is 4.94. The summed E-state index contributed by atoms with van der Waals surface area (Å²) in [6.07, 6.45) is 0.855. The molecule has 3 rings (SSSR count). The number of hydrogen-bond acceptors (Lipinski definition) is 6. The molecule has 0 atom stereocenters. The molecular formula is C22H29N3O5S. The van der Waals surface area contributed by atoms with Gasteiger partial charge in [0.05, 0.1) is 24.7 Å². The molecule has 9 heteroatoms. The minimum absolute atomic E-state index is 0.128. The lowest BCUT2D eigenvalue weighted by atomic mass is 10.2. The Morgan fingerprint density at radius 1 is 1.16 bits per heavy atom. The zero-order valence-electron chi connectivity index (χ0n) is 17.7. The van der Waals surface area contributed by atoms with Crippen molar-refractivity contribution in [3.05, 3.63) is 54.1 Å². The molecule has 2 aromatic rings. The third-order valence-electron chi connectivity index (χ3n) is 5.02. The van der Waals surface area contributed by atoms with Crippen LogP contribution in [0.1, 0.15) is 18.9 Å². The number of nitrogens with one attached hydrogen (secondary N) is 1. The lowest BCUT2D eigenvalue weighted by Gasteiger charge is -2.26. The Kier molecular flexibility index (Phi) is 8.03. The van der Waals surface area contributed by atoms with Crippen LogP contribution in [0.2, 0.25) is 0 Å². The highest BCUT2D eigenvalue weighted by atomic mass is 32.2. The Morgan fingerprint density at radius 2 is 1.90 bits per heavy atom. The van der Waals surface area contributed by atoms with Gasteiger partial charge in [0, 0.05) is 30.9 Å². The van der Waals surface area contributed by atoms with E-state index in [-0.39, 0.29) is 23.1 Å². The van der Waals surface area contributed by atoms with Crippen LogP contribution < -0.4 is 5.32 Å². The molecule has 1 fully saturated rings. The molecule has 168 valence electrons. The maximum atomic E-state index is 12.8. The van der Waals surface area contributed by atoms with E-state index in [1.165, 1.54) is 16.4 Å². The first kappa shape index (κ1) is 23.2. The molecule has 1 saturated heterocycles. The quantitative estimate of drug-likeness (QED) is 0.612. The van der Waals surface area contributed by atoms with E-state index in [2.05, 4.69) is 5.32 Å². The molecule has 0 radical (unpaired) electrons. The van der Waals surface area contributed by atoms with Gasteiger partial charge < -0.3 is 15.2 Å². The summed E-state index contributed by atoms with van der Waals surface area (Å²) in [7, 11) is -3.63. The van der Waals surface area contributed by atoms with Crippen molar-refractivity contribution in [2.45, 2.75) is 24.8 Å². The largest absolute Gasteiger partial charge is 0.508 e. The van der Waals surface area contributed by atoms with Crippen molar-refractivity contribution in [3.63, 3.8) is 0 Å². The van der Waals surface area contributed by atoms with Crippen molar-refractivity contribution in [2.24, 2.45) is 0 Å². The minimum Gasteiger partial charge on any atom is -0.508 e. The number of sulfonamides is 1. The number of anilines is 1. The Hall–Kier alpha value is -2.46. The van der Waals surface area contributed by atoms with Crippen LogP contribution >= 0.6 is 0 Å². The van der Waals surface area contributed by atoms with Gasteiger partial charge in [-0.2, -0.15) is 4.31 Å². The summed E-state index contributed by atoms with van der Waals surface area (Å²) in [6, 6.07) is 13.4. The monoisotopic (exact) mass is 447 g/mol. The number of benzene rings is 2. The maximum Gasteiger partial charge on any atom is 0.243 e. The molecule has 1 aliphatic rings. The summed E-state index contributed by atoms with van der Waals surface area (Å²) in [5, 5.41) is 12.8. The molecule has 1 aliphatic heterocycles. The van der Waals surface area contributed by atoms with Crippen molar-refractivity contribution in [2.75, 3.05) is 44.7 Å². The molecule has 2 N–H and O–H groups in total. The van der Waals surface area contributed by atoms with Crippen molar-refractivity contribution in [1.82, 2.24) is 9.21 Å². The van der Waals surface area contributed by atoms with Crippen LogP contribution in [0.15, 0.2) is 53.4 Å². The topological polar surface area (TPSA) is 99.2 Å². The Labute approximate surface area is 183 Å². The number of carbonyl (C=O) groups is 1. The number of aromatic hydroxyl groups is 1. The normalized spacial score (nSPS) is 15.2. The standard InChI is InChI=1S/C22H29N3O5S/c1-2-10-24(16-18-6-3-4-9-21(18)26)17-22(27)23-19-7-5-8-20(15-19)31(28,29)25-11-13-30-14-12-25/h3-9,15,26H,2,10-14,16-17H2,1H3,(H,23,27). The minimum atomic E-state index is -3.63. The van der Waals surface area contributed by atoms with Crippen molar-refractivity contribution in [1.29, 1.82) is 0 Å². The molecule has 8 nitrogen and oxygen atoms in total. The number of nitrogens with zero attached hydrogens (tertiary/aromatic N) is 2. The zero-order valence-corrected chi connectivity index (χ0v) is 18.5. The van der Waals surface area contributed by atoms with E-state index in [9.17, 15) is 18.3 Å². The second-order valence-corrected chi connectivity index (χ2v) is 9.37. The number of para-hydroxylation sites is 1. The van der Waals surface area contributed by atoms with Gasteiger partial charge >= 0.3 is 0 Å². The maximum absolute atomic E-state index is 12.8. The number of hydrogen-bond donors (Lipinski definition) is 2. The van der Waals surface area contributed by atoms with Gasteiger partial charge in [-0.15, -0.1) is 0 Å². The SMILES string of the molecule is CCCN(CC(=O)Nc1cccc(S(=O)(=O)N2CCOCC2)c1)Cc1ccccc1O. The predicted molar refractivity (Wildman–Crippen MR) is 118 cm³/mol. The zero-order chi connectivity index (χ0) is 22.3. The Bertz CT molecular complexity index is 990. The van der Waals surface area contributed by atoms with Gasteiger partial charge in [-0.3, -0.25) is 9.69 Å². The van der Waals surface area contributed by atoms with Crippen molar-refractivity contribution >= 4 is 21.6 Å². The summed E-state index contributed by atoms with van der Waals surface area (Å²) in [6.45, 7) is 4.67. The van der Waals surface area contributed by atoms with E-state index in [1.807, 2.05) is 24.0 Å². The highest BCUT2D eigenvalue weighted by Gasteiger charge is 2.26. The first-order valence-electron chi connectivity index (χ1n) is 10.4. The van der Waals surface area contributed by atoms with Crippen LogP contribution in [0.5, 0.6) is 5.75 Å².